The summed E-state index contributed by atoms with van der Waals surface area (Å²) in [5.74, 6) is 1.70. The van der Waals surface area contributed by atoms with Crippen LogP contribution in [-0.4, -0.2) is 80.0 Å². The van der Waals surface area contributed by atoms with Gasteiger partial charge in [-0.3, -0.25) is 14.5 Å². The summed E-state index contributed by atoms with van der Waals surface area (Å²) >= 11 is 0. The van der Waals surface area contributed by atoms with Gasteiger partial charge >= 0.3 is 6.16 Å². The zero-order valence-electron chi connectivity index (χ0n) is 26.0. The average Bonchev–Trinajstić information content (AvgIpc) is 3.48. The van der Waals surface area contributed by atoms with Crippen LogP contribution in [0.25, 0.3) is 39.6 Å². The molecule has 15 heteroatoms. The van der Waals surface area contributed by atoms with Crippen LogP contribution in [0.2, 0.25) is 0 Å². The van der Waals surface area contributed by atoms with Crippen LogP contribution in [-0.2, 0) is 6.54 Å². The quantitative estimate of drug-likeness (QED) is 0.141. The Hall–Kier alpha value is -6.05. The monoisotopic (exact) mass is 657 g/mol. The summed E-state index contributed by atoms with van der Waals surface area (Å²) in [6, 6.07) is 22.6. The van der Waals surface area contributed by atoms with Crippen molar-refractivity contribution in [2.24, 2.45) is 0 Å². The number of rotatable bonds is 9. The molecule has 1 fully saturated rings. The van der Waals surface area contributed by atoms with E-state index in [1.165, 1.54) is 12.3 Å². The molecule has 49 heavy (non-hydrogen) atoms. The highest BCUT2D eigenvalue weighted by molar-refractivity contribution is 5.84. The van der Waals surface area contributed by atoms with Crippen LogP contribution < -0.4 is 15.8 Å². The van der Waals surface area contributed by atoms with Crippen LogP contribution >= 0.6 is 0 Å². The molecule has 1 aliphatic rings. The number of ether oxygens (including phenoxy) is 1. The number of benzene rings is 1. The number of imidazole rings is 1. The number of aromatic nitrogens is 7. The molecule has 1 aromatic carbocycles. The topological polar surface area (TPSA) is 217 Å². The fraction of sp³-hybridized carbons (Fsp3) is 0.206. The Kier molecular flexibility index (Phi) is 8.51. The van der Waals surface area contributed by atoms with Gasteiger partial charge in [-0.25, -0.2) is 24.9 Å². The average molecular weight is 658 g/mol. The first-order chi connectivity index (χ1) is 23.7. The number of pyridine rings is 3. The van der Waals surface area contributed by atoms with E-state index < -0.39 is 6.16 Å². The van der Waals surface area contributed by atoms with Gasteiger partial charge in [0.25, 0.3) is 0 Å². The normalized spacial score (nSPS) is 14.1. The minimum Gasteiger partial charge on any atom is -0.415 e. The lowest BCUT2D eigenvalue weighted by Gasteiger charge is -2.32. The lowest BCUT2D eigenvalue weighted by Crippen LogP contribution is -2.38. The molecule has 6 aromatic rings. The van der Waals surface area contributed by atoms with Crippen molar-refractivity contribution >= 4 is 22.8 Å². The molecule has 0 atom stereocenters. The highest BCUT2D eigenvalue weighted by atomic mass is 16.9. The number of nitrogens with one attached hydrogen (secondary N) is 1. The fourth-order valence-corrected chi connectivity index (χ4v) is 5.83. The minimum atomic E-state index is -3.31. The van der Waals surface area contributed by atoms with Crippen LogP contribution in [0.15, 0.2) is 85.3 Å². The van der Waals surface area contributed by atoms with Gasteiger partial charge in [0.2, 0.25) is 5.82 Å². The summed E-state index contributed by atoms with van der Waals surface area (Å²) in [5, 5.41) is 39.8. The van der Waals surface area contributed by atoms with Crippen molar-refractivity contribution in [1.82, 2.24) is 39.4 Å². The number of piperidine rings is 1. The molecule has 0 bridgehead atoms. The van der Waals surface area contributed by atoms with Crippen molar-refractivity contribution in [3.63, 3.8) is 0 Å². The van der Waals surface area contributed by atoms with Crippen molar-refractivity contribution in [2.45, 2.75) is 31.6 Å². The third kappa shape index (κ3) is 7.12. The number of nitriles is 1. The first-order valence-corrected chi connectivity index (χ1v) is 15.5. The van der Waals surface area contributed by atoms with E-state index in [0.29, 0.717) is 45.6 Å². The molecule has 15 nitrogen and oxygen atoms in total. The molecule has 0 saturated carbocycles. The molecule has 0 amide bonds. The molecule has 0 spiro atoms. The Labute approximate surface area is 280 Å². The SMILES string of the molecule is N#Cc1nccc(NC2CCN(Cc3ccc(-n4c(-c5cccnc5N)nc5ccc(-c6ccc(OC(O)(O)O)cn6)nc54)cc3)CC2)n1. The zero-order chi connectivity index (χ0) is 34.0. The number of nitrogens with two attached hydrogens (primary N) is 1. The van der Waals surface area contributed by atoms with Crippen molar-refractivity contribution in [3.8, 4) is 40.3 Å². The number of hydrogen-bond acceptors (Lipinski definition) is 14. The molecule has 0 radical (unpaired) electrons. The smallest absolute Gasteiger partial charge is 0.415 e. The van der Waals surface area contributed by atoms with Gasteiger partial charge in [0.15, 0.2) is 11.5 Å². The largest absolute Gasteiger partial charge is 0.453 e. The second-order valence-electron chi connectivity index (χ2n) is 11.5. The predicted octanol–water partition coefficient (Wildman–Crippen LogP) is 2.83. The van der Waals surface area contributed by atoms with Gasteiger partial charge in [-0.1, -0.05) is 12.1 Å². The second kappa shape index (κ2) is 13.2. The Morgan fingerprint density at radius 3 is 2.41 bits per heavy atom. The van der Waals surface area contributed by atoms with Crippen LogP contribution in [0, 0.1) is 11.3 Å². The highest BCUT2D eigenvalue weighted by Crippen LogP contribution is 2.32. The molecule has 7 rings (SSSR count). The van der Waals surface area contributed by atoms with Crippen LogP contribution in [0.1, 0.15) is 24.2 Å². The molecule has 5 aromatic heterocycles. The molecule has 6 N–H and O–H groups in total. The standard InChI is InChI=1S/C34H31N11O4/c35-18-30-37-15-11-29(43-30)40-22-12-16-44(17-13-22)20-21-3-5-23(6-4-21)45-32(25-2-1-14-38-31(25)36)42-28-10-9-27(41-33(28)45)26-8-7-24(19-39-26)49-34(46,47)48/h1-11,14-15,19,22,46-48H,12-13,16-17,20H2,(H2,36,38)(H,37,40,43). The summed E-state index contributed by atoms with van der Waals surface area (Å²) in [6.45, 7) is 2.63. The lowest BCUT2D eigenvalue weighted by molar-refractivity contribution is -0.419. The maximum absolute atomic E-state index is 9.11. The van der Waals surface area contributed by atoms with E-state index in [9.17, 15) is 0 Å². The number of aliphatic hydroxyl groups is 3. The van der Waals surface area contributed by atoms with E-state index >= 15 is 0 Å². The molecule has 0 unspecified atom stereocenters. The Morgan fingerprint density at radius 1 is 0.898 bits per heavy atom. The number of nitrogen functional groups attached to an aromatic ring is 1. The Bertz CT molecular complexity index is 2130. The Morgan fingerprint density at radius 2 is 1.69 bits per heavy atom. The van der Waals surface area contributed by atoms with E-state index in [-0.39, 0.29) is 17.6 Å². The number of nitrogens with zero attached hydrogens (tertiary/aromatic N) is 9. The van der Waals surface area contributed by atoms with Gasteiger partial charge in [0, 0.05) is 43.8 Å². The van der Waals surface area contributed by atoms with Crippen molar-refractivity contribution in [3.05, 3.63) is 96.7 Å². The second-order valence-corrected chi connectivity index (χ2v) is 11.5. The third-order valence-electron chi connectivity index (χ3n) is 8.13. The molecule has 0 aliphatic carbocycles. The van der Waals surface area contributed by atoms with E-state index in [0.717, 1.165) is 43.7 Å². The zero-order valence-corrected chi connectivity index (χ0v) is 26.0. The number of likely N-dealkylation sites (tertiary alicyclic amines) is 1. The maximum atomic E-state index is 9.11. The molecular formula is C34H31N11O4. The summed E-state index contributed by atoms with van der Waals surface area (Å²) in [5.41, 5.74) is 11.2. The van der Waals surface area contributed by atoms with E-state index in [4.69, 9.17) is 36.3 Å². The van der Waals surface area contributed by atoms with Gasteiger partial charge in [-0.2, -0.15) is 5.26 Å². The summed E-state index contributed by atoms with van der Waals surface area (Å²) in [6.07, 6.45) is 3.05. The van der Waals surface area contributed by atoms with E-state index in [1.54, 1.807) is 36.7 Å². The number of fused-ring (bicyclic) bond motifs is 1. The lowest BCUT2D eigenvalue weighted by atomic mass is 10.0. The van der Waals surface area contributed by atoms with Gasteiger partial charge in [0.05, 0.1) is 23.1 Å². The summed E-state index contributed by atoms with van der Waals surface area (Å²) < 4.78 is 6.57. The fourth-order valence-electron chi connectivity index (χ4n) is 5.83. The summed E-state index contributed by atoms with van der Waals surface area (Å²) in [7, 11) is 0. The molecule has 1 saturated heterocycles. The van der Waals surface area contributed by atoms with Crippen molar-refractivity contribution in [2.75, 3.05) is 24.1 Å². The molecule has 6 heterocycles. The van der Waals surface area contributed by atoms with Gasteiger partial charge in [-0.15, -0.1) is 0 Å². The van der Waals surface area contributed by atoms with Gasteiger partial charge in [0.1, 0.15) is 29.0 Å². The van der Waals surface area contributed by atoms with Crippen LogP contribution in [0.4, 0.5) is 11.6 Å². The molecular weight excluding hydrogens is 626 g/mol. The molecule has 1 aliphatic heterocycles. The van der Waals surface area contributed by atoms with Crippen LogP contribution in [0.5, 0.6) is 5.75 Å². The minimum absolute atomic E-state index is 0.0461. The number of anilines is 2. The van der Waals surface area contributed by atoms with E-state index in [2.05, 4.69) is 47.0 Å². The van der Waals surface area contributed by atoms with Gasteiger partial charge in [-0.05, 0) is 73.0 Å². The number of hydrogen-bond donors (Lipinski definition) is 5. The Balaban J connectivity index is 1.13. The first kappa shape index (κ1) is 31.5. The van der Waals surface area contributed by atoms with Gasteiger partial charge < -0.3 is 31.1 Å². The van der Waals surface area contributed by atoms with E-state index in [1.807, 2.05) is 34.9 Å². The highest BCUT2D eigenvalue weighted by Gasteiger charge is 2.23. The first-order valence-electron chi connectivity index (χ1n) is 15.5. The third-order valence-corrected chi connectivity index (χ3v) is 8.13. The molecule has 246 valence electrons. The summed E-state index contributed by atoms with van der Waals surface area (Å²) in [4.78, 5) is 29.0. The van der Waals surface area contributed by atoms with Crippen LogP contribution in [0.3, 0.4) is 0 Å². The van der Waals surface area contributed by atoms with Crippen molar-refractivity contribution in [1.29, 1.82) is 5.26 Å². The predicted molar refractivity (Wildman–Crippen MR) is 178 cm³/mol. The maximum Gasteiger partial charge on any atom is 0.453 e. The van der Waals surface area contributed by atoms with Crippen molar-refractivity contribution < 1.29 is 20.1 Å².